The van der Waals surface area contributed by atoms with Crippen molar-refractivity contribution in [2.45, 2.75) is 6.92 Å². The summed E-state index contributed by atoms with van der Waals surface area (Å²) in [5.41, 5.74) is 2.59. The molecule has 0 spiro atoms. The molecule has 0 aliphatic carbocycles. The third-order valence-corrected chi connectivity index (χ3v) is 3.15. The Labute approximate surface area is 130 Å². The number of hydrogen-bond donors (Lipinski definition) is 2. The van der Waals surface area contributed by atoms with E-state index in [1.807, 2.05) is 43.3 Å². The highest BCUT2D eigenvalue weighted by atomic mass is 16.5. The number of rotatable bonds is 6. The molecule has 22 heavy (non-hydrogen) atoms. The van der Waals surface area contributed by atoms with Crippen LogP contribution in [0.2, 0.25) is 0 Å². The van der Waals surface area contributed by atoms with Crippen molar-refractivity contribution >= 4 is 17.3 Å². The van der Waals surface area contributed by atoms with Crippen LogP contribution in [0.15, 0.2) is 42.5 Å². The average Bonchev–Trinajstić information content (AvgIpc) is 2.53. The lowest BCUT2D eigenvalue weighted by Crippen LogP contribution is -2.22. The van der Waals surface area contributed by atoms with E-state index in [2.05, 4.69) is 10.6 Å². The molecule has 1 amide bonds. The molecule has 2 aromatic carbocycles. The van der Waals surface area contributed by atoms with Gasteiger partial charge in [-0.25, -0.2) is 0 Å². The van der Waals surface area contributed by atoms with Crippen molar-refractivity contribution in [3.05, 3.63) is 48.0 Å². The monoisotopic (exact) mass is 300 g/mol. The topological polar surface area (TPSA) is 59.6 Å². The molecular weight excluding hydrogens is 280 g/mol. The molecule has 0 aliphatic heterocycles. The summed E-state index contributed by atoms with van der Waals surface area (Å²) in [5.74, 6) is 1.27. The van der Waals surface area contributed by atoms with Crippen molar-refractivity contribution in [1.29, 1.82) is 0 Å². The Morgan fingerprint density at radius 2 is 1.91 bits per heavy atom. The number of carbonyl (C=O) groups excluding carboxylic acids is 1. The zero-order valence-electron chi connectivity index (χ0n) is 13.0. The predicted molar refractivity (Wildman–Crippen MR) is 87.8 cm³/mol. The van der Waals surface area contributed by atoms with Crippen LogP contribution in [0.25, 0.3) is 0 Å². The lowest BCUT2D eigenvalue weighted by Gasteiger charge is -2.12. The number of amides is 1. The molecular formula is C17H20N2O3. The Kier molecular flexibility index (Phi) is 5.25. The van der Waals surface area contributed by atoms with Crippen LogP contribution in [-0.4, -0.2) is 26.7 Å². The summed E-state index contributed by atoms with van der Waals surface area (Å²) >= 11 is 0. The van der Waals surface area contributed by atoms with Gasteiger partial charge in [-0.15, -0.1) is 0 Å². The summed E-state index contributed by atoms with van der Waals surface area (Å²) in [6.07, 6.45) is 0. The van der Waals surface area contributed by atoms with Crippen molar-refractivity contribution in [3.63, 3.8) is 0 Å². The standard InChI is InChI=1S/C17H20N2O3/c1-12-7-8-16(22-3)15(9-12)18-11-17(20)19-13-5-4-6-14(10-13)21-2/h4-10,18H,11H2,1-3H3,(H,19,20). The molecule has 0 bridgehead atoms. The molecule has 0 aromatic heterocycles. The second kappa shape index (κ2) is 7.36. The Balaban J connectivity index is 1.96. The molecule has 0 saturated heterocycles. The molecule has 0 saturated carbocycles. The van der Waals surface area contributed by atoms with Gasteiger partial charge in [-0.05, 0) is 36.8 Å². The van der Waals surface area contributed by atoms with Crippen LogP contribution in [0, 0.1) is 6.92 Å². The fourth-order valence-corrected chi connectivity index (χ4v) is 2.04. The van der Waals surface area contributed by atoms with Gasteiger partial charge >= 0.3 is 0 Å². The van der Waals surface area contributed by atoms with Gasteiger partial charge in [0.05, 0.1) is 26.5 Å². The number of hydrogen-bond acceptors (Lipinski definition) is 4. The van der Waals surface area contributed by atoms with E-state index in [0.29, 0.717) is 17.2 Å². The minimum absolute atomic E-state index is 0.142. The maximum absolute atomic E-state index is 12.0. The van der Waals surface area contributed by atoms with Crippen molar-refractivity contribution < 1.29 is 14.3 Å². The minimum Gasteiger partial charge on any atom is -0.497 e. The van der Waals surface area contributed by atoms with E-state index < -0.39 is 0 Å². The van der Waals surface area contributed by atoms with Crippen LogP contribution in [0.1, 0.15) is 5.56 Å². The number of benzene rings is 2. The first-order valence-electron chi connectivity index (χ1n) is 6.95. The normalized spacial score (nSPS) is 9.95. The molecule has 0 unspecified atom stereocenters. The lowest BCUT2D eigenvalue weighted by molar-refractivity contribution is -0.114. The summed E-state index contributed by atoms with van der Waals surface area (Å²) in [6, 6.07) is 13.0. The smallest absolute Gasteiger partial charge is 0.243 e. The number of carbonyl (C=O) groups is 1. The van der Waals surface area contributed by atoms with Crippen LogP contribution in [0.5, 0.6) is 11.5 Å². The van der Waals surface area contributed by atoms with Gasteiger partial charge in [0.25, 0.3) is 0 Å². The van der Waals surface area contributed by atoms with E-state index in [9.17, 15) is 4.79 Å². The third kappa shape index (κ3) is 4.15. The van der Waals surface area contributed by atoms with Gasteiger partial charge in [0.2, 0.25) is 5.91 Å². The van der Waals surface area contributed by atoms with Gasteiger partial charge in [0, 0.05) is 11.8 Å². The summed E-state index contributed by atoms with van der Waals surface area (Å²) < 4.78 is 10.4. The second-order valence-electron chi connectivity index (χ2n) is 4.84. The molecule has 116 valence electrons. The highest BCUT2D eigenvalue weighted by Crippen LogP contribution is 2.25. The first-order valence-corrected chi connectivity index (χ1v) is 6.95. The Morgan fingerprint density at radius 1 is 1.09 bits per heavy atom. The summed E-state index contributed by atoms with van der Waals surface area (Å²) in [6.45, 7) is 2.14. The molecule has 0 atom stereocenters. The molecule has 2 rings (SSSR count). The fourth-order valence-electron chi connectivity index (χ4n) is 2.04. The zero-order chi connectivity index (χ0) is 15.9. The summed E-state index contributed by atoms with van der Waals surface area (Å²) in [5, 5.41) is 5.90. The Morgan fingerprint density at radius 3 is 2.64 bits per heavy atom. The molecule has 2 N–H and O–H groups in total. The van der Waals surface area contributed by atoms with Crippen LogP contribution in [0.3, 0.4) is 0 Å². The first kappa shape index (κ1) is 15.7. The van der Waals surface area contributed by atoms with E-state index in [4.69, 9.17) is 9.47 Å². The molecule has 0 radical (unpaired) electrons. The third-order valence-electron chi connectivity index (χ3n) is 3.15. The number of nitrogens with one attached hydrogen (secondary N) is 2. The second-order valence-corrected chi connectivity index (χ2v) is 4.84. The molecule has 0 aliphatic rings. The van der Waals surface area contributed by atoms with Crippen molar-refractivity contribution in [3.8, 4) is 11.5 Å². The number of methoxy groups -OCH3 is 2. The molecule has 0 fully saturated rings. The van der Waals surface area contributed by atoms with E-state index in [0.717, 1.165) is 11.3 Å². The van der Waals surface area contributed by atoms with Gasteiger partial charge < -0.3 is 20.1 Å². The summed E-state index contributed by atoms with van der Waals surface area (Å²) in [7, 11) is 3.19. The Hall–Kier alpha value is -2.69. The minimum atomic E-state index is -0.142. The van der Waals surface area contributed by atoms with Gasteiger partial charge in [0.15, 0.2) is 0 Å². The average molecular weight is 300 g/mol. The number of aryl methyl sites for hydroxylation is 1. The van der Waals surface area contributed by atoms with Crippen LogP contribution in [-0.2, 0) is 4.79 Å². The molecule has 2 aromatic rings. The van der Waals surface area contributed by atoms with Gasteiger partial charge in [-0.2, -0.15) is 0 Å². The van der Waals surface area contributed by atoms with E-state index >= 15 is 0 Å². The predicted octanol–water partition coefficient (Wildman–Crippen LogP) is 3.06. The van der Waals surface area contributed by atoms with Crippen LogP contribution in [0.4, 0.5) is 11.4 Å². The van der Waals surface area contributed by atoms with Crippen LogP contribution < -0.4 is 20.1 Å². The molecule has 5 nitrogen and oxygen atoms in total. The highest BCUT2D eigenvalue weighted by molar-refractivity contribution is 5.94. The highest BCUT2D eigenvalue weighted by Gasteiger charge is 2.07. The van der Waals surface area contributed by atoms with Gasteiger partial charge in [-0.3, -0.25) is 4.79 Å². The quantitative estimate of drug-likeness (QED) is 0.861. The van der Waals surface area contributed by atoms with Crippen LogP contribution >= 0.6 is 0 Å². The van der Waals surface area contributed by atoms with Gasteiger partial charge in [-0.1, -0.05) is 12.1 Å². The van der Waals surface area contributed by atoms with Crippen molar-refractivity contribution in [1.82, 2.24) is 0 Å². The molecule has 0 heterocycles. The summed E-state index contributed by atoms with van der Waals surface area (Å²) in [4.78, 5) is 12.0. The molecule has 5 heteroatoms. The largest absolute Gasteiger partial charge is 0.497 e. The maximum Gasteiger partial charge on any atom is 0.243 e. The number of ether oxygens (including phenoxy) is 2. The van der Waals surface area contributed by atoms with Crippen molar-refractivity contribution in [2.75, 3.05) is 31.4 Å². The number of anilines is 2. The van der Waals surface area contributed by atoms with Gasteiger partial charge in [0.1, 0.15) is 11.5 Å². The maximum atomic E-state index is 12.0. The van der Waals surface area contributed by atoms with Crippen molar-refractivity contribution in [2.24, 2.45) is 0 Å². The first-order chi connectivity index (χ1) is 10.6. The van der Waals surface area contributed by atoms with E-state index in [1.54, 1.807) is 20.3 Å². The van der Waals surface area contributed by atoms with E-state index in [-0.39, 0.29) is 12.5 Å². The SMILES string of the molecule is COc1cccc(NC(=O)CNc2cc(C)ccc2OC)c1. The van der Waals surface area contributed by atoms with E-state index in [1.165, 1.54) is 0 Å². The fraction of sp³-hybridized carbons (Fsp3) is 0.235. The Bertz CT molecular complexity index is 656. The zero-order valence-corrected chi connectivity index (χ0v) is 13.0. The lowest BCUT2D eigenvalue weighted by atomic mass is 10.2.